The molecule has 0 aliphatic rings. The first-order valence-corrected chi connectivity index (χ1v) is 5.91. The minimum absolute atomic E-state index is 0.0603. The summed E-state index contributed by atoms with van der Waals surface area (Å²) >= 11 is 0. The number of carboxylic acid groups (broad SMARTS) is 1. The smallest absolute Gasteiger partial charge is 0.337 e. The molecule has 0 amide bonds. The summed E-state index contributed by atoms with van der Waals surface area (Å²) in [4.78, 5) is 15.2. The van der Waals surface area contributed by atoms with Crippen molar-refractivity contribution in [1.29, 1.82) is 0 Å². The highest BCUT2D eigenvalue weighted by molar-refractivity contribution is 5.87. The summed E-state index contributed by atoms with van der Waals surface area (Å²) in [6.45, 7) is 6.28. The third-order valence-electron chi connectivity index (χ3n) is 3.10. The fraction of sp³-hybridized carbons (Fsp3) is 0.385. The Balaban J connectivity index is 2.45. The molecular weight excluding hydrogens is 230 g/mol. The highest BCUT2D eigenvalue weighted by Gasteiger charge is 2.17. The second kappa shape index (κ2) is 4.33. The van der Waals surface area contributed by atoms with Gasteiger partial charge in [0.05, 0.1) is 11.8 Å². The van der Waals surface area contributed by atoms with Gasteiger partial charge in [0.15, 0.2) is 0 Å². The van der Waals surface area contributed by atoms with E-state index in [-0.39, 0.29) is 11.1 Å². The van der Waals surface area contributed by atoms with Crippen LogP contribution in [0.25, 0.3) is 5.65 Å². The van der Waals surface area contributed by atoms with E-state index in [1.807, 2.05) is 0 Å². The molecule has 2 rings (SSSR count). The normalized spacial score (nSPS) is 11.7. The number of nitrogens with zero attached hydrogens (tertiary/aromatic N) is 2. The number of nitrogens with one attached hydrogen (secondary N) is 1. The summed E-state index contributed by atoms with van der Waals surface area (Å²) in [5.41, 5.74) is 0.919. The number of imidazole rings is 1. The molecule has 0 saturated carbocycles. The lowest BCUT2D eigenvalue weighted by Gasteiger charge is -2.25. The number of hydrogen-bond donors (Lipinski definition) is 2. The van der Waals surface area contributed by atoms with Gasteiger partial charge in [0.2, 0.25) is 0 Å². The minimum Gasteiger partial charge on any atom is -0.478 e. The Hall–Kier alpha value is -2.04. The monoisotopic (exact) mass is 247 g/mol. The van der Waals surface area contributed by atoms with E-state index < -0.39 is 5.97 Å². The van der Waals surface area contributed by atoms with Crippen LogP contribution in [0.1, 0.15) is 37.6 Å². The van der Waals surface area contributed by atoms with Crippen molar-refractivity contribution in [2.24, 2.45) is 0 Å². The molecule has 0 aromatic carbocycles. The summed E-state index contributed by atoms with van der Waals surface area (Å²) in [5.74, 6) is -0.133. The summed E-state index contributed by atoms with van der Waals surface area (Å²) in [7, 11) is 0. The van der Waals surface area contributed by atoms with Gasteiger partial charge in [-0.25, -0.2) is 9.78 Å². The van der Waals surface area contributed by atoms with Crippen molar-refractivity contribution >= 4 is 17.4 Å². The van der Waals surface area contributed by atoms with Crippen LogP contribution in [0.15, 0.2) is 24.5 Å². The summed E-state index contributed by atoms with van der Waals surface area (Å²) in [5, 5.41) is 12.4. The number of pyridine rings is 1. The van der Waals surface area contributed by atoms with Gasteiger partial charge in [0.25, 0.3) is 0 Å². The number of hydrogen-bond acceptors (Lipinski definition) is 3. The van der Waals surface area contributed by atoms with Gasteiger partial charge in [-0.05, 0) is 32.4 Å². The van der Waals surface area contributed by atoms with Crippen molar-refractivity contribution in [2.45, 2.75) is 32.7 Å². The molecular formula is C13H17N3O2. The first kappa shape index (κ1) is 12.4. The molecule has 0 aliphatic carbocycles. The molecule has 2 aromatic rings. The van der Waals surface area contributed by atoms with Crippen molar-refractivity contribution in [1.82, 2.24) is 9.38 Å². The highest BCUT2D eigenvalue weighted by Crippen LogP contribution is 2.19. The van der Waals surface area contributed by atoms with Gasteiger partial charge in [-0.15, -0.1) is 0 Å². The minimum atomic E-state index is -0.939. The largest absolute Gasteiger partial charge is 0.478 e. The van der Waals surface area contributed by atoms with Crippen LogP contribution in [0.4, 0.5) is 5.82 Å². The maximum absolute atomic E-state index is 11.0. The second-order valence-electron chi connectivity index (χ2n) is 4.96. The zero-order chi connectivity index (χ0) is 13.3. The molecule has 0 saturated heterocycles. The van der Waals surface area contributed by atoms with Gasteiger partial charge in [-0.3, -0.25) is 4.40 Å². The lowest BCUT2D eigenvalue weighted by molar-refractivity contribution is 0.0696. The van der Waals surface area contributed by atoms with Gasteiger partial charge in [-0.1, -0.05) is 6.92 Å². The maximum atomic E-state index is 11.0. The Morgan fingerprint density at radius 2 is 2.22 bits per heavy atom. The maximum Gasteiger partial charge on any atom is 0.337 e. The van der Waals surface area contributed by atoms with Gasteiger partial charge in [-0.2, -0.15) is 0 Å². The number of aromatic nitrogens is 2. The molecule has 96 valence electrons. The molecule has 0 spiro atoms. The van der Waals surface area contributed by atoms with Gasteiger partial charge < -0.3 is 10.4 Å². The average molecular weight is 247 g/mol. The number of carbonyl (C=O) groups is 1. The van der Waals surface area contributed by atoms with Crippen LogP contribution in [0.2, 0.25) is 0 Å². The van der Waals surface area contributed by atoms with E-state index in [9.17, 15) is 4.79 Å². The third-order valence-corrected chi connectivity index (χ3v) is 3.10. The lowest BCUT2D eigenvalue weighted by Crippen LogP contribution is -2.30. The predicted molar refractivity (Wildman–Crippen MR) is 70.1 cm³/mol. The summed E-state index contributed by atoms with van der Waals surface area (Å²) in [6, 6.07) is 3.26. The molecule has 18 heavy (non-hydrogen) atoms. The Morgan fingerprint density at radius 1 is 1.50 bits per heavy atom. The Bertz CT molecular complexity index is 587. The SMILES string of the molecule is CCC(C)(C)Nc1cnc2ccc(C(=O)O)cn12. The van der Waals surface area contributed by atoms with Crippen molar-refractivity contribution in [3.8, 4) is 0 Å². The number of carboxylic acids is 1. The number of anilines is 1. The molecule has 2 N–H and O–H groups in total. The molecule has 2 aromatic heterocycles. The van der Waals surface area contributed by atoms with E-state index in [4.69, 9.17) is 5.11 Å². The van der Waals surface area contributed by atoms with Crippen molar-refractivity contribution < 1.29 is 9.90 Å². The standard InChI is InChI=1S/C13H17N3O2/c1-4-13(2,3)15-11-7-14-10-6-5-9(12(17)18)8-16(10)11/h5-8,15H,4H2,1-3H3,(H,17,18). The van der Waals surface area contributed by atoms with E-state index in [0.29, 0.717) is 0 Å². The molecule has 0 radical (unpaired) electrons. The molecule has 5 nitrogen and oxygen atoms in total. The Morgan fingerprint density at radius 3 is 2.83 bits per heavy atom. The van der Waals surface area contributed by atoms with Crippen LogP contribution in [-0.2, 0) is 0 Å². The quantitative estimate of drug-likeness (QED) is 0.871. The third kappa shape index (κ3) is 2.30. The van der Waals surface area contributed by atoms with Crippen LogP contribution in [0.5, 0.6) is 0 Å². The van der Waals surface area contributed by atoms with Crippen LogP contribution in [-0.4, -0.2) is 26.0 Å². The molecule has 0 aliphatic heterocycles. The first-order valence-electron chi connectivity index (χ1n) is 5.91. The highest BCUT2D eigenvalue weighted by atomic mass is 16.4. The van der Waals surface area contributed by atoms with Crippen LogP contribution in [0, 0.1) is 0 Å². The summed E-state index contributed by atoms with van der Waals surface area (Å²) < 4.78 is 1.76. The topological polar surface area (TPSA) is 66.6 Å². The van der Waals surface area contributed by atoms with Crippen molar-refractivity contribution in [3.05, 3.63) is 30.1 Å². The average Bonchev–Trinajstić information content (AvgIpc) is 2.71. The van der Waals surface area contributed by atoms with Crippen LogP contribution in [0.3, 0.4) is 0 Å². The zero-order valence-electron chi connectivity index (χ0n) is 10.8. The zero-order valence-corrected chi connectivity index (χ0v) is 10.8. The number of rotatable bonds is 4. The van der Waals surface area contributed by atoms with E-state index in [1.165, 1.54) is 0 Å². The molecule has 0 bridgehead atoms. The Labute approximate surface area is 105 Å². The molecule has 0 atom stereocenters. The number of aromatic carboxylic acids is 1. The van der Waals surface area contributed by atoms with E-state index in [1.54, 1.807) is 28.9 Å². The molecule has 2 heterocycles. The van der Waals surface area contributed by atoms with Crippen LogP contribution >= 0.6 is 0 Å². The summed E-state index contributed by atoms with van der Waals surface area (Å²) in [6.07, 6.45) is 4.26. The van der Waals surface area contributed by atoms with E-state index in [2.05, 4.69) is 31.1 Å². The molecule has 5 heteroatoms. The van der Waals surface area contributed by atoms with E-state index >= 15 is 0 Å². The number of fused-ring (bicyclic) bond motifs is 1. The van der Waals surface area contributed by atoms with Gasteiger partial charge in [0.1, 0.15) is 11.5 Å². The van der Waals surface area contributed by atoms with Crippen molar-refractivity contribution in [3.63, 3.8) is 0 Å². The lowest BCUT2D eigenvalue weighted by atomic mass is 10.0. The fourth-order valence-corrected chi connectivity index (χ4v) is 1.63. The molecule has 0 unspecified atom stereocenters. The predicted octanol–water partition coefficient (Wildman–Crippen LogP) is 2.63. The first-order chi connectivity index (χ1) is 8.43. The van der Waals surface area contributed by atoms with E-state index in [0.717, 1.165) is 17.9 Å². The fourth-order valence-electron chi connectivity index (χ4n) is 1.63. The second-order valence-corrected chi connectivity index (χ2v) is 4.96. The van der Waals surface area contributed by atoms with Gasteiger partial charge in [0, 0.05) is 11.7 Å². The Kier molecular flexibility index (Phi) is 2.98. The van der Waals surface area contributed by atoms with Crippen molar-refractivity contribution in [2.75, 3.05) is 5.32 Å². The van der Waals surface area contributed by atoms with Gasteiger partial charge >= 0.3 is 5.97 Å². The molecule has 0 fully saturated rings. The van der Waals surface area contributed by atoms with Crippen LogP contribution < -0.4 is 5.32 Å².